The Labute approximate surface area is 119 Å². The van der Waals surface area contributed by atoms with Gasteiger partial charge in [-0.15, -0.1) is 0 Å². The summed E-state index contributed by atoms with van der Waals surface area (Å²) < 4.78 is 11.7. The first-order valence-corrected chi connectivity index (χ1v) is 6.41. The third-order valence-electron chi connectivity index (χ3n) is 2.30. The van der Waals surface area contributed by atoms with Gasteiger partial charge in [0.25, 0.3) is 0 Å². The van der Waals surface area contributed by atoms with Crippen LogP contribution < -0.4 is 9.47 Å². The fourth-order valence-corrected chi connectivity index (χ4v) is 2.11. The van der Waals surface area contributed by atoms with Crippen LogP contribution in [0.3, 0.4) is 0 Å². The lowest BCUT2D eigenvalue weighted by Gasteiger charge is -2.11. The Morgan fingerprint density at radius 2 is 2.00 bits per heavy atom. The zero-order chi connectivity index (χ0) is 13.1. The van der Waals surface area contributed by atoms with Crippen LogP contribution in [0.1, 0.15) is 5.56 Å². The summed E-state index contributed by atoms with van der Waals surface area (Å²) in [5.74, 6) is 1.58. The second kappa shape index (κ2) is 5.59. The summed E-state index contributed by atoms with van der Waals surface area (Å²) in [7, 11) is 1.60. The van der Waals surface area contributed by atoms with Crippen molar-refractivity contribution in [2.24, 2.45) is 0 Å². The van der Waals surface area contributed by atoms with Crippen LogP contribution in [0.15, 0.2) is 34.9 Å². The first-order valence-electron chi connectivity index (χ1n) is 5.23. The van der Waals surface area contributed by atoms with Crippen molar-refractivity contribution in [3.8, 4) is 17.4 Å². The standard InChI is InChI=1S/C13H11BrClNO2/c1-8-3-4-11(12(5-8)17-2)18-13-10(15)6-9(14)7-16-13/h3-7H,1-2H3. The molecular formula is C13H11BrClNO2. The molecule has 0 saturated heterocycles. The molecule has 0 radical (unpaired) electrons. The predicted octanol–water partition coefficient (Wildman–Crippen LogP) is 4.61. The molecule has 0 bridgehead atoms. The van der Waals surface area contributed by atoms with Crippen molar-refractivity contribution >= 4 is 27.5 Å². The molecule has 1 aromatic carbocycles. The molecule has 0 unspecified atom stereocenters. The number of pyridine rings is 1. The van der Waals surface area contributed by atoms with Gasteiger partial charge < -0.3 is 9.47 Å². The number of ether oxygens (including phenoxy) is 2. The predicted molar refractivity (Wildman–Crippen MR) is 74.8 cm³/mol. The largest absolute Gasteiger partial charge is 0.493 e. The van der Waals surface area contributed by atoms with Crippen molar-refractivity contribution in [2.75, 3.05) is 7.11 Å². The molecule has 3 nitrogen and oxygen atoms in total. The van der Waals surface area contributed by atoms with Crippen LogP contribution in [-0.4, -0.2) is 12.1 Å². The van der Waals surface area contributed by atoms with Crippen molar-refractivity contribution in [1.29, 1.82) is 0 Å². The number of aryl methyl sites for hydroxylation is 1. The highest BCUT2D eigenvalue weighted by Gasteiger charge is 2.10. The maximum atomic E-state index is 6.05. The molecule has 1 heterocycles. The van der Waals surface area contributed by atoms with Gasteiger partial charge >= 0.3 is 0 Å². The van der Waals surface area contributed by atoms with Gasteiger partial charge in [-0.1, -0.05) is 17.7 Å². The summed E-state index contributed by atoms with van der Waals surface area (Å²) in [4.78, 5) is 4.11. The number of hydrogen-bond donors (Lipinski definition) is 0. The Morgan fingerprint density at radius 3 is 2.67 bits per heavy atom. The van der Waals surface area contributed by atoms with Crippen LogP contribution in [-0.2, 0) is 0 Å². The van der Waals surface area contributed by atoms with Crippen LogP contribution in [0.25, 0.3) is 0 Å². The summed E-state index contributed by atoms with van der Waals surface area (Å²) >= 11 is 9.34. The lowest BCUT2D eigenvalue weighted by atomic mass is 10.2. The van der Waals surface area contributed by atoms with Crippen LogP contribution in [0.4, 0.5) is 0 Å². The quantitative estimate of drug-likeness (QED) is 0.824. The summed E-state index contributed by atoms with van der Waals surface area (Å²) in [5, 5.41) is 0.437. The van der Waals surface area contributed by atoms with Gasteiger partial charge in [0, 0.05) is 10.7 Å². The van der Waals surface area contributed by atoms with Crippen molar-refractivity contribution in [1.82, 2.24) is 4.98 Å². The van der Waals surface area contributed by atoms with E-state index in [1.807, 2.05) is 25.1 Å². The molecule has 94 valence electrons. The molecule has 0 fully saturated rings. The lowest BCUT2D eigenvalue weighted by molar-refractivity contribution is 0.374. The van der Waals surface area contributed by atoms with Crippen LogP contribution in [0.5, 0.6) is 17.4 Å². The number of nitrogens with zero attached hydrogens (tertiary/aromatic N) is 1. The number of methoxy groups -OCH3 is 1. The molecule has 0 amide bonds. The van der Waals surface area contributed by atoms with E-state index in [2.05, 4.69) is 20.9 Å². The van der Waals surface area contributed by atoms with E-state index in [9.17, 15) is 0 Å². The van der Waals surface area contributed by atoms with Gasteiger partial charge in [0.2, 0.25) is 5.88 Å². The summed E-state index contributed by atoms with van der Waals surface area (Å²) in [5.41, 5.74) is 1.09. The second-order valence-corrected chi connectivity index (χ2v) is 5.02. The van der Waals surface area contributed by atoms with E-state index in [4.69, 9.17) is 21.1 Å². The van der Waals surface area contributed by atoms with E-state index < -0.39 is 0 Å². The zero-order valence-electron chi connectivity index (χ0n) is 9.91. The summed E-state index contributed by atoms with van der Waals surface area (Å²) in [6.45, 7) is 1.98. The zero-order valence-corrected chi connectivity index (χ0v) is 12.2. The van der Waals surface area contributed by atoms with Crippen LogP contribution >= 0.6 is 27.5 Å². The first kappa shape index (κ1) is 13.2. The molecular weight excluding hydrogens is 318 g/mol. The van der Waals surface area contributed by atoms with Crippen LogP contribution in [0.2, 0.25) is 5.02 Å². The number of rotatable bonds is 3. The van der Waals surface area contributed by atoms with Gasteiger partial charge in [0.05, 0.1) is 7.11 Å². The number of benzene rings is 1. The third kappa shape index (κ3) is 2.94. The topological polar surface area (TPSA) is 31.4 Å². The van der Waals surface area contributed by atoms with Gasteiger partial charge in [-0.25, -0.2) is 4.98 Å². The highest BCUT2D eigenvalue weighted by molar-refractivity contribution is 9.10. The normalized spacial score (nSPS) is 10.2. The molecule has 0 aliphatic carbocycles. The summed E-state index contributed by atoms with van der Waals surface area (Å²) in [6.07, 6.45) is 1.63. The van der Waals surface area contributed by atoms with Crippen molar-refractivity contribution in [3.05, 3.63) is 45.5 Å². The van der Waals surface area contributed by atoms with Gasteiger partial charge in [0.15, 0.2) is 11.5 Å². The second-order valence-electron chi connectivity index (χ2n) is 3.70. The van der Waals surface area contributed by atoms with Gasteiger partial charge in [-0.2, -0.15) is 0 Å². The molecule has 18 heavy (non-hydrogen) atoms. The van der Waals surface area contributed by atoms with E-state index in [1.165, 1.54) is 0 Å². The maximum Gasteiger partial charge on any atom is 0.238 e. The number of hydrogen-bond acceptors (Lipinski definition) is 3. The minimum absolute atomic E-state index is 0.349. The van der Waals surface area contributed by atoms with E-state index in [-0.39, 0.29) is 0 Å². The van der Waals surface area contributed by atoms with Crippen molar-refractivity contribution in [2.45, 2.75) is 6.92 Å². The van der Waals surface area contributed by atoms with Crippen molar-refractivity contribution in [3.63, 3.8) is 0 Å². The molecule has 0 N–H and O–H groups in total. The SMILES string of the molecule is COc1cc(C)ccc1Oc1ncc(Br)cc1Cl. The average molecular weight is 329 g/mol. The fourth-order valence-electron chi connectivity index (χ4n) is 1.44. The number of aromatic nitrogens is 1. The van der Waals surface area contributed by atoms with Gasteiger partial charge in [0.1, 0.15) is 5.02 Å². The first-order chi connectivity index (χ1) is 8.60. The summed E-state index contributed by atoms with van der Waals surface area (Å²) in [6, 6.07) is 7.38. The maximum absolute atomic E-state index is 6.05. The Balaban J connectivity index is 2.33. The van der Waals surface area contributed by atoms with Crippen LogP contribution in [0, 0.1) is 6.92 Å². The monoisotopic (exact) mass is 327 g/mol. The molecule has 1 aromatic heterocycles. The highest BCUT2D eigenvalue weighted by atomic mass is 79.9. The molecule has 0 saturated carbocycles. The van der Waals surface area contributed by atoms with Crippen molar-refractivity contribution < 1.29 is 9.47 Å². The molecule has 0 spiro atoms. The smallest absolute Gasteiger partial charge is 0.238 e. The number of halogens is 2. The van der Waals surface area contributed by atoms with E-state index in [1.54, 1.807) is 19.4 Å². The molecule has 0 aliphatic heterocycles. The Bertz CT molecular complexity index is 575. The molecule has 0 atom stereocenters. The van der Waals surface area contributed by atoms with Gasteiger partial charge in [-0.05, 0) is 46.6 Å². The van der Waals surface area contributed by atoms with E-state index in [0.717, 1.165) is 10.0 Å². The Hall–Kier alpha value is -1.26. The molecule has 0 aliphatic rings. The van der Waals surface area contributed by atoms with Gasteiger partial charge in [-0.3, -0.25) is 0 Å². The van der Waals surface area contributed by atoms with E-state index in [0.29, 0.717) is 22.4 Å². The minimum Gasteiger partial charge on any atom is -0.493 e. The Kier molecular flexibility index (Phi) is 4.09. The molecule has 2 rings (SSSR count). The Morgan fingerprint density at radius 1 is 1.22 bits per heavy atom. The highest BCUT2D eigenvalue weighted by Crippen LogP contribution is 2.34. The fraction of sp³-hybridized carbons (Fsp3) is 0.154. The minimum atomic E-state index is 0.349. The average Bonchev–Trinajstić information content (AvgIpc) is 2.34. The molecule has 2 aromatic rings. The van der Waals surface area contributed by atoms with E-state index >= 15 is 0 Å². The lowest BCUT2D eigenvalue weighted by Crippen LogP contribution is -1.93. The third-order valence-corrected chi connectivity index (χ3v) is 3.00. The molecule has 5 heteroatoms.